The van der Waals surface area contributed by atoms with E-state index in [0.29, 0.717) is 38.4 Å². The van der Waals surface area contributed by atoms with Gasteiger partial charge in [-0.15, -0.1) is 0 Å². The Morgan fingerprint density at radius 1 is 1.16 bits per heavy atom. The van der Waals surface area contributed by atoms with E-state index < -0.39 is 6.03 Å². The van der Waals surface area contributed by atoms with Crippen molar-refractivity contribution in [3.05, 3.63) is 58.2 Å². The van der Waals surface area contributed by atoms with E-state index in [1.54, 1.807) is 56.4 Å². The zero-order chi connectivity index (χ0) is 23.4. The average Bonchev–Trinajstić information content (AvgIpc) is 3.02. The Kier molecular flexibility index (Phi) is 7.18. The number of carbonyl (C=O) groups excluding carboxylic acids is 1. The van der Waals surface area contributed by atoms with Crippen molar-refractivity contribution in [1.29, 1.82) is 0 Å². The molecule has 0 unspecified atom stereocenters. The molecule has 6 N–H and O–H groups in total. The van der Waals surface area contributed by atoms with E-state index in [2.05, 4.69) is 26.3 Å². The summed E-state index contributed by atoms with van der Waals surface area (Å²) < 4.78 is 1.52. The average molecular weight is 492 g/mol. The van der Waals surface area contributed by atoms with Gasteiger partial charge in [0.2, 0.25) is 0 Å². The molecule has 12 heteroatoms. The number of benzene rings is 2. The summed E-state index contributed by atoms with van der Waals surface area (Å²) in [6.07, 6.45) is 0. The molecule has 2 amide bonds. The fourth-order valence-corrected chi connectivity index (χ4v) is 3.35. The molecule has 3 aromatic rings. The number of nitrogens with one attached hydrogen (secondary N) is 3. The number of rotatable bonds is 5. The predicted octanol–water partition coefficient (Wildman–Crippen LogP) is 4.30. The summed E-state index contributed by atoms with van der Waals surface area (Å²) in [6, 6.07) is 11.2. The zero-order valence-corrected chi connectivity index (χ0v) is 19.3. The first kappa shape index (κ1) is 23.3. The third-order valence-electron chi connectivity index (χ3n) is 4.27. The maximum Gasteiger partial charge on any atom is 0.316 e. The number of thiocarbonyl (C=S) groups is 1. The van der Waals surface area contributed by atoms with Crippen molar-refractivity contribution in [1.82, 2.24) is 15.2 Å². The second-order valence-electron chi connectivity index (χ2n) is 6.63. The molecule has 0 aliphatic rings. The number of hydrazone groups is 1. The number of nitrogens with two attached hydrogens (primary N) is 1. The minimum atomic E-state index is -0.668. The van der Waals surface area contributed by atoms with Crippen molar-refractivity contribution >= 4 is 63.6 Å². The van der Waals surface area contributed by atoms with Crippen LogP contribution in [0.3, 0.4) is 0 Å². The third-order valence-corrected chi connectivity index (χ3v) is 5.20. The lowest BCUT2D eigenvalue weighted by Gasteiger charge is -2.09. The number of nitrogens with zero attached hydrogens (tertiary/aromatic N) is 3. The molecule has 1 heterocycles. The van der Waals surface area contributed by atoms with Crippen LogP contribution in [0.1, 0.15) is 12.6 Å². The van der Waals surface area contributed by atoms with Crippen LogP contribution < -0.4 is 21.8 Å². The highest BCUT2D eigenvalue weighted by atomic mass is 35.5. The lowest BCUT2D eigenvalue weighted by molar-refractivity contribution is 0.259. The molecule has 1 aromatic heterocycles. The Morgan fingerprint density at radius 2 is 1.84 bits per heavy atom. The Bertz CT molecular complexity index is 1230. The molecule has 0 atom stereocenters. The molecular weight excluding hydrogens is 473 g/mol. The van der Waals surface area contributed by atoms with Crippen molar-refractivity contribution in [2.24, 2.45) is 17.9 Å². The van der Waals surface area contributed by atoms with Gasteiger partial charge >= 0.3 is 6.03 Å². The van der Waals surface area contributed by atoms with Gasteiger partial charge in [0.25, 0.3) is 0 Å². The number of carbonyl (C=O) groups is 1. The molecule has 0 aliphatic carbocycles. The number of anilines is 2. The minimum absolute atomic E-state index is 0.0574. The van der Waals surface area contributed by atoms with Gasteiger partial charge in [-0.2, -0.15) is 10.2 Å². The zero-order valence-electron chi connectivity index (χ0n) is 17.0. The number of hydrogen-bond acceptors (Lipinski definition) is 5. The van der Waals surface area contributed by atoms with E-state index in [0.717, 1.165) is 0 Å². The van der Waals surface area contributed by atoms with E-state index in [-0.39, 0.29) is 16.6 Å². The first-order valence-corrected chi connectivity index (χ1v) is 10.3. The van der Waals surface area contributed by atoms with Gasteiger partial charge in [0.15, 0.2) is 16.6 Å². The summed E-state index contributed by atoms with van der Waals surface area (Å²) in [5.74, 6) is -0.0574. The number of aromatic nitrogens is 2. The Hall–Kier alpha value is -3.34. The highest BCUT2D eigenvalue weighted by Crippen LogP contribution is 2.35. The number of hydrogen-bond donors (Lipinski definition) is 5. The van der Waals surface area contributed by atoms with Crippen molar-refractivity contribution < 1.29 is 9.90 Å². The second-order valence-corrected chi connectivity index (χ2v) is 7.85. The molecular formula is C20H19Cl2N7O2S. The fourth-order valence-electron chi connectivity index (χ4n) is 2.89. The molecule has 0 saturated carbocycles. The Balaban J connectivity index is 1.74. The Labute approximate surface area is 199 Å². The Morgan fingerprint density at radius 3 is 2.50 bits per heavy atom. The molecule has 3 rings (SSSR count). The molecule has 2 aromatic carbocycles. The van der Waals surface area contributed by atoms with Gasteiger partial charge in [0.1, 0.15) is 5.69 Å². The number of urea groups is 1. The molecule has 9 nitrogen and oxygen atoms in total. The fraction of sp³-hybridized carbons (Fsp3) is 0.100. The van der Waals surface area contributed by atoms with Crippen LogP contribution in [-0.4, -0.2) is 31.7 Å². The van der Waals surface area contributed by atoms with Crippen molar-refractivity contribution in [2.75, 3.05) is 10.6 Å². The molecule has 0 spiro atoms. The van der Waals surface area contributed by atoms with Crippen LogP contribution in [0.5, 0.6) is 5.75 Å². The van der Waals surface area contributed by atoms with E-state index in [1.807, 2.05) is 0 Å². The van der Waals surface area contributed by atoms with Gasteiger partial charge in [0, 0.05) is 24.0 Å². The third kappa shape index (κ3) is 5.47. The molecule has 32 heavy (non-hydrogen) atoms. The minimum Gasteiger partial charge on any atom is -0.504 e. The van der Waals surface area contributed by atoms with E-state index in [4.69, 9.17) is 41.2 Å². The van der Waals surface area contributed by atoms with Crippen LogP contribution in [0.25, 0.3) is 11.3 Å². The monoisotopic (exact) mass is 491 g/mol. The van der Waals surface area contributed by atoms with Crippen LogP contribution in [-0.2, 0) is 7.05 Å². The quantitative estimate of drug-likeness (QED) is 0.205. The maximum absolute atomic E-state index is 11.0. The van der Waals surface area contributed by atoms with Crippen LogP contribution in [0.2, 0.25) is 10.0 Å². The summed E-state index contributed by atoms with van der Waals surface area (Å²) in [4.78, 5) is 11.0. The highest BCUT2D eigenvalue weighted by Gasteiger charge is 2.19. The van der Waals surface area contributed by atoms with Crippen LogP contribution >= 0.6 is 35.4 Å². The molecule has 0 fully saturated rings. The van der Waals surface area contributed by atoms with Gasteiger partial charge in [-0.25, -0.2) is 4.79 Å². The summed E-state index contributed by atoms with van der Waals surface area (Å²) in [6.45, 7) is 1.67. The molecule has 166 valence electrons. The van der Waals surface area contributed by atoms with Crippen molar-refractivity contribution in [2.45, 2.75) is 6.92 Å². The number of aryl methyl sites for hydroxylation is 1. The SMILES string of the molecule is CC(=NNC(=S)Nc1cccc(NC(N)=O)c1)c1nn(C)c(-c2ccc(Cl)c(Cl)c2)c1O. The molecule has 0 saturated heterocycles. The summed E-state index contributed by atoms with van der Waals surface area (Å²) in [5.41, 5.74) is 10.7. The standard InChI is InChI=1S/C20H19Cl2N7O2S/c1-10(26-27-20(32)25-13-5-3-4-12(9-13)24-19(23)31)16-18(30)17(29(2)28-16)11-6-7-14(21)15(22)8-11/h3-9,30H,1-2H3,(H3,23,24,31)(H2,25,27,32). The van der Waals surface area contributed by atoms with Gasteiger partial charge in [-0.3, -0.25) is 10.1 Å². The first-order chi connectivity index (χ1) is 15.2. The second kappa shape index (κ2) is 9.86. The van der Waals surface area contributed by atoms with Crippen molar-refractivity contribution in [3.8, 4) is 17.0 Å². The van der Waals surface area contributed by atoms with Crippen LogP contribution in [0.4, 0.5) is 16.2 Å². The molecule has 0 aliphatic heterocycles. The lowest BCUT2D eigenvalue weighted by atomic mass is 10.1. The number of primary amides is 1. The van der Waals surface area contributed by atoms with E-state index in [1.165, 1.54) is 4.68 Å². The van der Waals surface area contributed by atoms with Gasteiger partial charge in [-0.1, -0.05) is 35.3 Å². The van der Waals surface area contributed by atoms with Gasteiger partial charge in [0.05, 0.1) is 15.8 Å². The topological polar surface area (TPSA) is 130 Å². The molecule has 0 radical (unpaired) electrons. The van der Waals surface area contributed by atoms with Crippen LogP contribution in [0.15, 0.2) is 47.6 Å². The highest BCUT2D eigenvalue weighted by molar-refractivity contribution is 7.80. The van der Waals surface area contributed by atoms with E-state index >= 15 is 0 Å². The largest absolute Gasteiger partial charge is 0.504 e. The normalized spacial score (nSPS) is 11.2. The smallest absolute Gasteiger partial charge is 0.316 e. The van der Waals surface area contributed by atoms with Gasteiger partial charge in [-0.05, 0) is 49.5 Å². The number of aromatic hydroxyl groups is 1. The number of halogens is 2. The van der Waals surface area contributed by atoms with Crippen LogP contribution in [0, 0.1) is 0 Å². The lowest BCUT2D eigenvalue weighted by Crippen LogP contribution is -2.25. The summed E-state index contributed by atoms with van der Waals surface area (Å²) in [7, 11) is 1.70. The molecule has 0 bridgehead atoms. The maximum atomic E-state index is 11.0. The van der Waals surface area contributed by atoms with E-state index in [9.17, 15) is 9.90 Å². The number of amides is 2. The predicted molar refractivity (Wildman–Crippen MR) is 132 cm³/mol. The first-order valence-electron chi connectivity index (χ1n) is 9.15. The van der Waals surface area contributed by atoms with Gasteiger partial charge < -0.3 is 21.5 Å². The summed E-state index contributed by atoms with van der Waals surface area (Å²) in [5, 5.41) is 25.7. The van der Waals surface area contributed by atoms with Crippen molar-refractivity contribution in [3.63, 3.8) is 0 Å². The summed E-state index contributed by atoms with van der Waals surface area (Å²) >= 11 is 17.3.